The lowest BCUT2D eigenvalue weighted by atomic mass is 10.0. The van der Waals surface area contributed by atoms with Crippen LogP contribution in [-0.4, -0.2) is 47.2 Å². The molecule has 1 aliphatic rings. The molecule has 0 saturated heterocycles. The highest BCUT2D eigenvalue weighted by Gasteiger charge is 2.34. The van der Waals surface area contributed by atoms with Crippen LogP contribution in [0.15, 0.2) is 54.7 Å². The fourth-order valence-electron chi connectivity index (χ4n) is 4.39. The summed E-state index contributed by atoms with van der Waals surface area (Å²) in [5.74, 6) is 0.403. The zero-order valence-electron chi connectivity index (χ0n) is 17.1. The molecule has 4 aromatic rings. The molecular formula is C22H23N5O4S. The number of benzene rings is 2. The molecule has 2 heterocycles. The summed E-state index contributed by atoms with van der Waals surface area (Å²) in [7, 11) is -4.03. The Balaban J connectivity index is 1.41. The van der Waals surface area contributed by atoms with Crippen LogP contribution >= 0.6 is 0 Å². The van der Waals surface area contributed by atoms with Gasteiger partial charge in [-0.2, -0.15) is 8.42 Å². The predicted octanol–water partition coefficient (Wildman–Crippen LogP) is 2.55. The first kappa shape index (κ1) is 20.8. The van der Waals surface area contributed by atoms with Gasteiger partial charge in [0.05, 0.1) is 18.4 Å². The van der Waals surface area contributed by atoms with Gasteiger partial charge in [0.25, 0.3) is 0 Å². The number of aliphatic hydroxyl groups excluding tert-OH is 1. The van der Waals surface area contributed by atoms with Gasteiger partial charge in [0.1, 0.15) is 11.3 Å². The van der Waals surface area contributed by atoms with Gasteiger partial charge in [-0.1, -0.05) is 42.5 Å². The number of rotatable bonds is 6. The van der Waals surface area contributed by atoms with E-state index in [0.29, 0.717) is 18.5 Å². The molecule has 0 amide bonds. The number of aliphatic hydroxyl groups is 1. The van der Waals surface area contributed by atoms with Crippen molar-refractivity contribution in [3.05, 3.63) is 54.7 Å². The number of aromatic nitrogens is 3. The zero-order valence-corrected chi connectivity index (χ0v) is 17.9. The van der Waals surface area contributed by atoms with Crippen molar-refractivity contribution in [3.63, 3.8) is 0 Å². The number of nitrogens with zero attached hydrogens (tertiary/aromatic N) is 2. The summed E-state index contributed by atoms with van der Waals surface area (Å²) in [6.07, 6.45) is 2.02. The minimum atomic E-state index is -4.03. The second-order valence-corrected chi connectivity index (χ2v) is 9.31. The maximum Gasteiger partial charge on any atom is 0.333 e. The lowest BCUT2D eigenvalue weighted by Gasteiger charge is -2.14. The second-order valence-electron chi connectivity index (χ2n) is 8.09. The van der Waals surface area contributed by atoms with Gasteiger partial charge in [-0.3, -0.25) is 4.18 Å². The number of hydrogen-bond acceptors (Lipinski definition) is 7. The monoisotopic (exact) mass is 453 g/mol. The Hall–Kier alpha value is -3.05. The largest absolute Gasteiger partial charge is 0.393 e. The van der Waals surface area contributed by atoms with Crippen molar-refractivity contribution >= 4 is 37.9 Å². The fraction of sp³-hybridized carbons (Fsp3) is 0.273. The van der Waals surface area contributed by atoms with Gasteiger partial charge in [0.2, 0.25) is 0 Å². The van der Waals surface area contributed by atoms with Gasteiger partial charge >= 0.3 is 10.3 Å². The number of fused-ring (bicyclic) bond motifs is 2. The van der Waals surface area contributed by atoms with E-state index < -0.39 is 16.4 Å². The average Bonchev–Trinajstić information content (AvgIpc) is 3.35. The van der Waals surface area contributed by atoms with Crippen molar-refractivity contribution in [3.8, 4) is 11.4 Å². The smallest absolute Gasteiger partial charge is 0.333 e. The molecule has 0 unspecified atom stereocenters. The van der Waals surface area contributed by atoms with Crippen LogP contribution in [0.4, 0.5) is 5.69 Å². The third-order valence-corrected chi connectivity index (χ3v) is 6.36. The van der Waals surface area contributed by atoms with Crippen LogP contribution in [0.3, 0.4) is 0 Å². The summed E-state index contributed by atoms with van der Waals surface area (Å²) in [6.45, 7) is -0.140. The number of aromatic amines is 1. The molecule has 5 N–H and O–H groups in total. The van der Waals surface area contributed by atoms with Crippen molar-refractivity contribution in [2.45, 2.75) is 25.0 Å². The molecule has 2 aromatic heterocycles. The third kappa shape index (κ3) is 4.17. The highest BCUT2D eigenvalue weighted by Crippen LogP contribution is 2.33. The lowest BCUT2D eigenvalue weighted by molar-refractivity contribution is 0.101. The molecule has 0 radical (unpaired) electrons. The maximum absolute atomic E-state index is 11.1. The van der Waals surface area contributed by atoms with E-state index >= 15 is 0 Å². The summed E-state index contributed by atoms with van der Waals surface area (Å²) in [4.78, 5) is 12.5. The first-order valence-corrected chi connectivity index (χ1v) is 11.8. The number of imidazole rings is 1. The Kier molecular flexibility index (Phi) is 5.30. The van der Waals surface area contributed by atoms with Gasteiger partial charge in [-0.15, -0.1) is 0 Å². The van der Waals surface area contributed by atoms with Gasteiger partial charge in [0, 0.05) is 23.7 Å². The molecule has 9 nitrogen and oxygen atoms in total. The van der Waals surface area contributed by atoms with Crippen LogP contribution in [-0.2, 0) is 14.5 Å². The highest BCUT2D eigenvalue weighted by molar-refractivity contribution is 7.84. The summed E-state index contributed by atoms with van der Waals surface area (Å²) in [5.41, 5.74) is 3.17. The second kappa shape index (κ2) is 8.14. The fourth-order valence-corrected chi connectivity index (χ4v) is 4.76. The standard InChI is InChI=1S/C22H23N5O4S/c23-32(29,30)31-12-14-10-15(11-19(14)28)25-18-8-9-24-22-20(18)26-21(27-22)17-7-3-5-13-4-1-2-6-16(13)17/h1-9,14-15,19,28H,10-12H2,(H2,23,29,30)(H2,24,25,26,27)/t14-,15+,19-/m0/s1. The van der Waals surface area contributed by atoms with E-state index in [2.05, 4.69) is 37.7 Å². The summed E-state index contributed by atoms with van der Waals surface area (Å²) < 4.78 is 26.8. The summed E-state index contributed by atoms with van der Waals surface area (Å²) in [6, 6.07) is 16.0. The Labute approximate surface area is 184 Å². The first-order valence-electron chi connectivity index (χ1n) is 10.3. The van der Waals surface area contributed by atoms with E-state index in [1.165, 1.54) is 0 Å². The molecule has 3 atom stereocenters. The molecule has 0 bridgehead atoms. The Morgan fingerprint density at radius 3 is 2.81 bits per heavy atom. The van der Waals surface area contributed by atoms with Gasteiger partial charge < -0.3 is 15.4 Å². The van der Waals surface area contributed by atoms with E-state index in [-0.39, 0.29) is 18.6 Å². The van der Waals surface area contributed by atoms with Gasteiger partial charge in [-0.25, -0.2) is 15.1 Å². The van der Waals surface area contributed by atoms with E-state index in [1.807, 2.05) is 30.3 Å². The van der Waals surface area contributed by atoms with Crippen LogP contribution in [0.2, 0.25) is 0 Å². The van der Waals surface area contributed by atoms with E-state index in [4.69, 9.17) is 10.1 Å². The number of hydrogen-bond donors (Lipinski definition) is 4. The predicted molar refractivity (Wildman–Crippen MR) is 122 cm³/mol. The molecule has 2 aromatic carbocycles. The molecule has 0 spiro atoms. The quantitative estimate of drug-likeness (QED) is 0.351. The van der Waals surface area contributed by atoms with Crippen molar-refractivity contribution in [1.29, 1.82) is 0 Å². The van der Waals surface area contributed by atoms with Crippen molar-refractivity contribution in [2.24, 2.45) is 11.1 Å². The molecule has 10 heteroatoms. The van der Waals surface area contributed by atoms with Crippen LogP contribution in [0, 0.1) is 5.92 Å². The first-order chi connectivity index (χ1) is 15.4. The maximum atomic E-state index is 11.1. The summed E-state index contributed by atoms with van der Waals surface area (Å²) in [5, 5.41) is 20.9. The van der Waals surface area contributed by atoms with Gasteiger partial charge in [0.15, 0.2) is 5.65 Å². The molecule has 1 aliphatic carbocycles. The summed E-state index contributed by atoms with van der Waals surface area (Å²) >= 11 is 0. The molecule has 5 rings (SSSR count). The highest BCUT2D eigenvalue weighted by atomic mass is 32.2. The molecule has 1 saturated carbocycles. The lowest BCUT2D eigenvalue weighted by Crippen LogP contribution is -2.24. The topological polar surface area (TPSA) is 143 Å². The Morgan fingerprint density at radius 1 is 1.16 bits per heavy atom. The van der Waals surface area contributed by atoms with Crippen molar-refractivity contribution < 1.29 is 17.7 Å². The number of H-pyrrole nitrogens is 1. The minimum absolute atomic E-state index is 0.0611. The molecule has 166 valence electrons. The number of nitrogens with two attached hydrogens (primary N) is 1. The SMILES string of the molecule is NS(=O)(=O)OC[C@@H]1C[C@@H](Nc2ccnc3nc(-c4cccc5ccccc45)[nH]c23)C[C@@H]1O. The zero-order chi connectivity index (χ0) is 22.3. The van der Waals surface area contributed by atoms with Crippen LogP contribution in [0.25, 0.3) is 33.3 Å². The van der Waals surface area contributed by atoms with Crippen molar-refractivity contribution in [2.75, 3.05) is 11.9 Å². The molecule has 32 heavy (non-hydrogen) atoms. The number of pyridine rings is 1. The third-order valence-electron chi connectivity index (χ3n) is 5.90. The minimum Gasteiger partial charge on any atom is -0.393 e. The van der Waals surface area contributed by atoms with Crippen LogP contribution in [0.1, 0.15) is 12.8 Å². The van der Waals surface area contributed by atoms with Gasteiger partial charge in [-0.05, 0) is 29.7 Å². The molecule has 0 aliphatic heterocycles. The van der Waals surface area contributed by atoms with E-state index in [9.17, 15) is 13.5 Å². The van der Waals surface area contributed by atoms with Crippen LogP contribution < -0.4 is 10.5 Å². The van der Waals surface area contributed by atoms with E-state index in [0.717, 1.165) is 33.4 Å². The molecule has 1 fully saturated rings. The van der Waals surface area contributed by atoms with Crippen LogP contribution in [0.5, 0.6) is 0 Å². The van der Waals surface area contributed by atoms with E-state index in [1.54, 1.807) is 6.20 Å². The average molecular weight is 454 g/mol. The normalized spacial score (nSPS) is 21.4. The van der Waals surface area contributed by atoms with Crippen molar-refractivity contribution in [1.82, 2.24) is 15.0 Å². The number of nitrogens with one attached hydrogen (secondary N) is 2. The Morgan fingerprint density at radius 2 is 1.97 bits per heavy atom. The Bertz CT molecular complexity index is 1380. The molecular weight excluding hydrogens is 430 g/mol. The number of anilines is 1.